The fraction of sp³-hybridized carbons (Fsp3) is 0.333. The molecule has 1 atom stereocenters. The third-order valence-corrected chi connectivity index (χ3v) is 4.06. The zero-order chi connectivity index (χ0) is 16.2. The second-order valence-electron chi connectivity index (χ2n) is 5.92. The Bertz CT molecular complexity index is 761. The number of amides is 1. The predicted molar refractivity (Wildman–Crippen MR) is 88.5 cm³/mol. The number of benzene rings is 1. The Morgan fingerprint density at radius 3 is 2.91 bits per heavy atom. The first-order valence-corrected chi connectivity index (χ1v) is 7.80. The SMILES string of the molecule is Cc1cccc(-c2ccc(C(=O)NCC3CCOC3)c(=O)[nH]2)c1. The third kappa shape index (κ3) is 3.68. The topological polar surface area (TPSA) is 71.2 Å². The van der Waals surface area contributed by atoms with Crippen LogP contribution in [-0.4, -0.2) is 30.6 Å². The van der Waals surface area contributed by atoms with Crippen molar-refractivity contribution >= 4 is 5.91 Å². The summed E-state index contributed by atoms with van der Waals surface area (Å²) in [5.74, 6) is -0.00135. The van der Waals surface area contributed by atoms with Gasteiger partial charge in [0.25, 0.3) is 11.5 Å². The molecule has 5 heteroatoms. The van der Waals surface area contributed by atoms with Crippen molar-refractivity contribution < 1.29 is 9.53 Å². The van der Waals surface area contributed by atoms with E-state index in [4.69, 9.17) is 4.74 Å². The average molecular weight is 312 g/mol. The van der Waals surface area contributed by atoms with Crippen LogP contribution in [0.2, 0.25) is 0 Å². The third-order valence-electron chi connectivity index (χ3n) is 4.06. The smallest absolute Gasteiger partial charge is 0.261 e. The maximum absolute atomic E-state index is 12.2. The molecule has 2 aromatic rings. The number of hydrogen-bond donors (Lipinski definition) is 2. The molecule has 1 aromatic heterocycles. The number of aromatic nitrogens is 1. The molecule has 0 spiro atoms. The molecule has 0 bridgehead atoms. The van der Waals surface area contributed by atoms with Crippen molar-refractivity contribution in [1.82, 2.24) is 10.3 Å². The number of nitrogens with one attached hydrogen (secondary N) is 2. The molecule has 0 aliphatic carbocycles. The fourth-order valence-corrected chi connectivity index (χ4v) is 2.71. The lowest BCUT2D eigenvalue weighted by molar-refractivity contribution is 0.0943. The molecule has 2 N–H and O–H groups in total. The minimum absolute atomic E-state index is 0.139. The van der Waals surface area contributed by atoms with E-state index in [0.29, 0.717) is 24.8 Å². The quantitative estimate of drug-likeness (QED) is 0.908. The van der Waals surface area contributed by atoms with Gasteiger partial charge in [-0.1, -0.05) is 23.8 Å². The summed E-state index contributed by atoms with van der Waals surface area (Å²) in [6, 6.07) is 11.2. The van der Waals surface area contributed by atoms with E-state index in [9.17, 15) is 9.59 Å². The molecule has 3 rings (SSSR count). The van der Waals surface area contributed by atoms with Crippen LogP contribution in [-0.2, 0) is 4.74 Å². The largest absolute Gasteiger partial charge is 0.381 e. The van der Waals surface area contributed by atoms with Gasteiger partial charge >= 0.3 is 0 Å². The van der Waals surface area contributed by atoms with Crippen molar-refractivity contribution in [2.45, 2.75) is 13.3 Å². The van der Waals surface area contributed by atoms with Crippen LogP contribution in [0, 0.1) is 12.8 Å². The molecule has 0 radical (unpaired) electrons. The van der Waals surface area contributed by atoms with E-state index in [0.717, 1.165) is 24.2 Å². The highest BCUT2D eigenvalue weighted by Gasteiger charge is 2.18. The lowest BCUT2D eigenvalue weighted by atomic mass is 10.1. The minimum atomic E-state index is -0.371. The lowest BCUT2D eigenvalue weighted by Crippen LogP contribution is -2.33. The summed E-state index contributed by atoms with van der Waals surface area (Å²) in [7, 11) is 0. The number of rotatable bonds is 4. The molecule has 2 heterocycles. The standard InChI is InChI=1S/C18H20N2O3/c1-12-3-2-4-14(9-12)16-6-5-15(18(22)20-16)17(21)19-10-13-7-8-23-11-13/h2-6,9,13H,7-8,10-11H2,1H3,(H,19,21)(H,20,22). The molecule has 120 valence electrons. The first-order chi connectivity index (χ1) is 11.1. The summed E-state index contributed by atoms with van der Waals surface area (Å²) in [6.07, 6.45) is 0.947. The van der Waals surface area contributed by atoms with E-state index in [1.807, 2.05) is 31.2 Å². The molecule has 1 amide bonds. The van der Waals surface area contributed by atoms with Gasteiger partial charge in [-0.15, -0.1) is 0 Å². The molecular weight excluding hydrogens is 292 g/mol. The van der Waals surface area contributed by atoms with Crippen molar-refractivity contribution in [2.24, 2.45) is 5.92 Å². The maximum Gasteiger partial charge on any atom is 0.261 e. The monoisotopic (exact) mass is 312 g/mol. The Morgan fingerprint density at radius 1 is 1.35 bits per heavy atom. The van der Waals surface area contributed by atoms with Crippen LogP contribution in [0.3, 0.4) is 0 Å². The molecule has 1 unspecified atom stereocenters. The van der Waals surface area contributed by atoms with Gasteiger partial charge < -0.3 is 15.0 Å². The number of hydrogen-bond acceptors (Lipinski definition) is 3. The minimum Gasteiger partial charge on any atom is -0.381 e. The Kier molecular flexibility index (Phi) is 4.57. The summed E-state index contributed by atoms with van der Waals surface area (Å²) >= 11 is 0. The first-order valence-electron chi connectivity index (χ1n) is 7.80. The zero-order valence-electron chi connectivity index (χ0n) is 13.1. The Labute approximate surface area is 134 Å². The predicted octanol–water partition coefficient (Wildman–Crippen LogP) is 2.12. The van der Waals surface area contributed by atoms with Gasteiger partial charge in [0.05, 0.1) is 6.61 Å². The van der Waals surface area contributed by atoms with Gasteiger partial charge in [0.1, 0.15) is 5.56 Å². The summed E-state index contributed by atoms with van der Waals surface area (Å²) in [5.41, 5.74) is 2.52. The van der Waals surface area contributed by atoms with E-state index >= 15 is 0 Å². The van der Waals surface area contributed by atoms with Gasteiger partial charge in [-0.3, -0.25) is 9.59 Å². The first kappa shape index (κ1) is 15.5. The van der Waals surface area contributed by atoms with E-state index < -0.39 is 0 Å². The number of carbonyl (C=O) groups is 1. The van der Waals surface area contributed by atoms with E-state index in [-0.39, 0.29) is 17.0 Å². The highest BCUT2D eigenvalue weighted by Crippen LogP contribution is 2.17. The van der Waals surface area contributed by atoms with Crippen LogP contribution < -0.4 is 10.9 Å². The van der Waals surface area contributed by atoms with E-state index in [1.54, 1.807) is 12.1 Å². The van der Waals surface area contributed by atoms with E-state index in [1.165, 1.54) is 0 Å². The molecule has 1 saturated heterocycles. The number of ether oxygens (including phenoxy) is 1. The van der Waals surface area contributed by atoms with Crippen LogP contribution in [0.4, 0.5) is 0 Å². The molecule has 23 heavy (non-hydrogen) atoms. The van der Waals surface area contributed by atoms with Crippen LogP contribution in [0.15, 0.2) is 41.2 Å². The highest BCUT2D eigenvalue weighted by molar-refractivity contribution is 5.94. The molecule has 1 aliphatic heterocycles. The molecule has 0 saturated carbocycles. The van der Waals surface area contributed by atoms with Gasteiger partial charge in [-0.05, 0) is 37.1 Å². The second kappa shape index (κ2) is 6.79. The summed E-state index contributed by atoms with van der Waals surface area (Å²) in [5, 5.41) is 2.81. The zero-order valence-corrected chi connectivity index (χ0v) is 13.1. The number of aromatic amines is 1. The van der Waals surface area contributed by atoms with Gasteiger partial charge in [0.2, 0.25) is 0 Å². The van der Waals surface area contributed by atoms with Crippen molar-refractivity contribution in [3.63, 3.8) is 0 Å². The van der Waals surface area contributed by atoms with Crippen LogP contribution in [0.25, 0.3) is 11.3 Å². The summed E-state index contributed by atoms with van der Waals surface area (Å²) < 4.78 is 5.27. The second-order valence-corrected chi connectivity index (χ2v) is 5.92. The summed E-state index contributed by atoms with van der Waals surface area (Å²) in [4.78, 5) is 27.1. The molecule has 1 fully saturated rings. The van der Waals surface area contributed by atoms with Crippen molar-refractivity contribution in [2.75, 3.05) is 19.8 Å². The number of pyridine rings is 1. The van der Waals surface area contributed by atoms with Gasteiger partial charge in [0.15, 0.2) is 0 Å². The Hall–Kier alpha value is -2.40. The molecule has 1 aliphatic rings. The molecule has 5 nitrogen and oxygen atoms in total. The average Bonchev–Trinajstić information content (AvgIpc) is 3.06. The van der Waals surface area contributed by atoms with Gasteiger partial charge in [-0.25, -0.2) is 0 Å². The normalized spacial score (nSPS) is 17.2. The van der Waals surface area contributed by atoms with Crippen LogP contribution in [0.5, 0.6) is 0 Å². The highest BCUT2D eigenvalue weighted by atomic mass is 16.5. The number of H-pyrrole nitrogens is 1. The molecular formula is C18H20N2O3. The van der Waals surface area contributed by atoms with E-state index in [2.05, 4.69) is 10.3 Å². The Balaban J connectivity index is 1.73. The Morgan fingerprint density at radius 2 is 2.22 bits per heavy atom. The lowest BCUT2D eigenvalue weighted by Gasteiger charge is -2.09. The van der Waals surface area contributed by atoms with Crippen LogP contribution >= 0.6 is 0 Å². The molecule has 1 aromatic carbocycles. The maximum atomic E-state index is 12.2. The van der Waals surface area contributed by atoms with Crippen molar-refractivity contribution in [3.05, 3.63) is 57.9 Å². The van der Waals surface area contributed by atoms with Crippen molar-refractivity contribution in [1.29, 1.82) is 0 Å². The van der Waals surface area contributed by atoms with Gasteiger partial charge in [0, 0.05) is 24.8 Å². The van der Waals surface area contributed by atoms with Crippen LogP contribution in [0.1, 0.15) is 22.3 Å². The number of carbonyl (C=O) groups excluding carboxylic acids is 1. The fourth-order valence-electron chi connectivity index (χ4n) is 2.71. The van der Waals surface area contributed by atoms with Gasteiger partial charge in [-0.2, -0.15) is 0 Å². The number of aryl methyl sites for hydroxylation is 1. The summed E-state index contributed by atoms with van der Waals surface area (Å²) in [6.45, 7) is 3.95. The van der Waals surface area contributed by atoms with Crippen molar-refractivity contribution in [3.8, 4) is 11.3 Å².